The third kappa shape index (κ3) is 4.74. The molecule has 2 aromatic heterocycles. The number of carbonyl (C=O) groups is 1. The van der Waals surface area contributed by atoms with E-state index in [0.717, 1.165) is 61.9 Å². The van der Waals surface area contributed by atoms with Crippen LogP contribution in [0.15, 0.2) is 42.0 Å². The van der Waals surface area contributed by atoms with E-state index in [-0.39, 0.29) is 5.91 Å². The summed E-state index contributed by atoms with van der Waals surface area (Å²) in [5, 5.41) is 6.40. The summed E-state index contributed by atoms with van der Waals surface area (Å²) in [6, 6.07) is 8.42. The van der Waals surface area contributed by atoms with Crippen LogP contribution in [0.5, 0.6) is 5.75 Å². The molecule has 6 nitrogen and oxygen atoms in total. The molecule has 32 heavy (non-hydrogen) atoms. The zero-order chi connectivity index (χ0) is 21.9. The van der Waals surface area contributed by atoms with Gasteiger partial charge in [0.2, 0.25) is 0 Å². The van der Waals surface area contributed by atoms with E-state index < -0.39 is 0 Å². The molecule has 168 valence electrons. The van der Waals surface area contributed by atoms with Gasteiger partial charge in [-0.1, -0.05) is 6.07 Å². The number of nitrogens with zero attached hydrogens (tertiary/aromatic N) is 4. The molecule has 0 unspecified atom stereocenters. The molecule has 3 aromatic rings. The molecule has 0 N–H and O–H groups in total. The number of fused-ring (bicyclic) bond motifs is 1. The topological polar surface area (TPSA) is 50.6 Å². The van der Waals surface area contributed by atoms with Crippen LogP contribution >= 0.6 is 11.3 Å². The van der Waals surface area contributed by atoms with Crippen molar-refractivity contribution in [2.24, 2.45) is 0 Å². The molecule has 0 saturated carbocycles. The third-order valence-corrected chi connectivity index (χ3v) is 7.38. The first-order chi connectivity index (χ1) is 15.7. The molecule has 0 radical (unpaired) electrons. The number of thiophene rings is 1. The van der Waals surface area contributed by atoms with Gasteiger partial charge >= 0.3 is 0 Å². The summed E-state index contributed by atoms with van der Waals surface area (Å²) < 4.78 is 7.96. The summed E-state index contributed by atoms with van der Waals surface area (Å²) in [6.45, 7) is 7.69. The zero-order valence-electron chi connectivity index (χ0n) is 18.6. The minimum absolute atomic E-state index is 0.136. The monoisotopic (exact) mass is 450 g/mol. The largest absolute Gasteiger partial charge is 0.489 e. The standard InChI is InChI=1S/C25H30N4O2S/c1-2-29-16-20(14-26-29)15-27-8-10-28(11-9-27)25(30)24-12-19(18-32-24)17-31-23-7-6-21-4-3-5-22(21)13-23/h6-7,12-14,16,18H,2-5,8-11,15,17H2,1H3. The predicted molar refractivity (Wildman–Crippen MR) is 126 cm³/mol. The maximum absolute atomic E-state index is 13.0. The SMILES string of the molecule is CCn1cc(CN2CCN(C(=O)c3cc(COc4ccc5c(c4)CCC5)cs3)CC2)cn1. The van der Waals surface area contributed by atoms with Gasteiger partial charge in [-0.25, -0.2) is 0 Å². The highest BCUT2D eigenvalue weighted by atomic mass is 32.1. The molecule has 0 spiro atoms. The highest BCUT2D eigenvalue weighted by Gasteiger charge is 2.23. The second kappa shape index (κ2) is 9.46. The predicted octanol–water partition coefficient (Wildman–Crippen LogP) is 3.99. The van der Waals surface area contributed by atoms with Gasteiger partial charge in [0.25, 0.3) is 5.91 Å². The highest BCUT2D eigenvalue weighted by Crippen LogP contribution is 2.27. The zero-order valence-corrected chi connectivity index (χ0v) is 19.4. The Hall–Kier alpha value is -2.64. The van der Waals surface area contributed by atoms with E-state index in [2.05, 4.69) is 41.3 Å². The van der Waals surface area contributed by atoms with Crippen LogP contribution in [0.3, 0.4) is 0 Å². The number of amides is 1. The lowest BCUT2D eigenvalue weighted by molar-refractivity contribution is 0.0633. The molecule has 1 saturated heterocycles. The van der Waals surface area contributed by atoms with Crippen molar-refractivity contribution in [2.75, 3.05) is 26.2 Å². The number of benzene rings is 1. The summed E-state index contributed by atoms with van der Waals surface area (Å²) in [6.07, 6.45) is 7.63. The van der Waals surface area contributed by atoms with Crippen molar-refractivity contribution < 1.29 is 9.53 Å². The van der Waals surface area contributed by atoms with Crippen molar-refractivity contribution >= 4 is 17.2 Å². The fourth-order valence-electron chi connectivity index (χ4n) is 4.55. The average molecular weight is 451 g/mol. The van der Waals surface area contributed by atoms with E-state index in [0.29, 0.717) is 6.61 Å². The highest BCUT2D eigenvalue weighted by molar-refractivity contribution is 7.12. The Balaban J connectivity index is 1.11. The van der Waals surface area contributed by atoms with E-state index in [9.17, 15) is 4.79 Å². The molecule has 1 aromatic carbocycles. The minimum atomic E-state index is 0.136. The van der Waals surface area contributed by atoms with Gasteiger partial charge in [-0.2, -0.15) is 5.10 Å². The Morgan fingerprint density at radius 2 is 1.94 bits per heavy atom. The van der Waals surface area contributed by atoms with Crippen molar-refractivity contribution in [1.29, 1.82) is 0 Å². The van der Waals surface area contributed by atoms with Crippen molar-refractivity contribution in [1.82, 2.24) is 19.6 Å². The summed E-state index contributed by atoms with van der Waals surface area (Å²) in [7, 11) is 0. The Bertz CT molecular complexity index is 1080. The van der Waals surface area contributed by atoms with Crippen LogP contribution in [0.1, 0.15) is 45.3 Å². The van der Waals surface area contributed by atoms with Crippen LogP contribution in [0.2, 0.25) is 0 Å². The second-order valence-electron chi connectivity index (χ2n) is 8.66. The Labute approximate surface area is 193 Å². The molecule has 5 rings (SSSR count). The van der Waals surface area contributed by atoms with Gasteiger partial charge in [-0.15, -0.1) is 11.3 Å². The summed E-state index contributed by atoms with van der Waals surface area (Å²) in [4.78, 5) is 18.2. The fourth-order valence-corrected chi connectivity index (χ4v) is 5.42. The van der Waals surface area contributed by atoms with Crippen LogP contribution in [-0.2, 0) is 32.5 Å². The molecular formula is C25H30N4O2S. The van der Waals surface area contributed by atoms with Gasteiger partial charge in [0.05, 0.1) is 11.1 Å². The maximum Gasteiger partial charge on any atom is 0.264 e. The lowest BCUT2D eigenvalue weighted by atomic mass is 10.1. The lowest BCUT2D eigenvalue weighted by Crippen LogP contribution is -2.48. The first-order valence-electron chi connectivity index (χ1n) is 11.5. The molecule has 7 heteroatoms. The minimum Gasteiger partial charge on any atom is -0.489 e. The van der Waals surface area contributed by atoms with E-state index in [1.54, 1.807) is 0 Å². The maximum atomic E-state index is 13.0. The van der Waals surface area contributed by atoms with Crippen LogP contribution < -0.4 is 4.74 Å². The molecule has 0 bridgehead atoms. The normalized spacial score (nSPS) is 16.3. The van der Waals surface area contributed by atoms with Crippen molar-refractivity contribution in [2.45, 2.75) is 45.9 Å². The van der Waals surface area contributed by atoms with Crippen molar-refractivity contribution in [3.63, 3.8) is 0 Å². The van der Waals surface area contributed by atoms with E-state index >= 15 is 0 Å². The fraction of sp³-hybridized carbons (Fsp3) is 0.440. The molecule has 0 atom stereocenters. The molecule has 1 amide bonds. The van der Waals surface area contributed by atoms with Gasteiger partial charge < -0.3 is 9.64 Å². The number of aryl methyl sites for hydroxylation is 3. The molecule has 3 heterocycles. The van der Waals surface area contributed by atoms with Gasteiger partial charge in [-0.3, -0.25) is 14.4 Å². The Morgan fingerprint density at radius 1 is 1.09 bits per heavy atom. The van der Waals surface area contributed by atoms with Gasteiger partial charge in [-0.05, 0) is 60.9 Å². The first-order valence-corrected chi connectivity index (χ1v) is 12.4. The second-order valence-corrected chi connectivity index (χ2v) is 9.58. The molecule has 1 fully saturated rings. The summed E-state index contributed by atoms with van der Waals surface area (Å²) >= 11 is 1.52. The van der Waals surface area contributed by atoms with Crippen LogP contribution in [0.4, 0.5) is 0 Å². The smallest absolute Gasteiger partial charge is 0.264 e. The number of piperazine rings is 1. The van der Waals surface area contributed by atoms with E-state index in [1.165, 1.54) is 40.9 Å². The van der Waals surface area contributed by atoms with Gasteiger partial charge in [0, 0.05) is 56.6 Å². The lowest BCUT2D eigenvalue weighted by Gasteiger charge is -2.34. The quantitative estimate of drug-likeness (QED) is 0.546. The molecule has 1 aliphatic heterocycles. The summed E-state index contributed by atoms with van der Waals surface area (Å²) in [5.74, 6) is 1.06. The molecule has 1 aliphatic carbocycles. The number of ether oxygens (including phenoxy) is 1. The van der Waals surface area contributed by atoms with Crippen molar-refractivity contribution in [3.8, 4) is 5.75 Å². The molecule has 2 aliphatic rings. The van der Waals surface area contributed by atoms with E-state index in [1.807, 2.05) is 27.2 Å². The van der Waals surface area contributed by atoms with Gasteiger partial charge in [0.15, 0.2) is 0 Å². The van der Waals surface area contributed by atoms with Crippen LogP contribution in [0, 0.1) is 0 Å². The number of aromatic nitrogens is 2. The van der Waals surface area contributed by atoms with E-state index in [4.69, 9.17) is 4.74 Å². The third-order valence-electron chi connectivity index (χ3n) is 6.42. The Morgan fingerprint density at radius 3 is 2.75 bits per heavy atom. The van der Waals surface area contributed by atoms with Gasteiger partial charge in [0.1, 0.15) is 12.4 Å². The van der Waals surface area contributed by atoms with Crippen LogP contribution in [0.25, 0.3) is 0 Å². The Kier molecular flexibility index (Phi) is 6.28. The average Bonchev–Trinajstić information content (AvgIpc) is 3.58. The first kappa shape index (κ1) is 21.2. The number of carbonyl (C=O) groups excluding carboxylic acids is 1. The summed E-state index contributed by atoms with van der Waals surface area (Å²) in [5.41, 5.74) is 5.17. The van der Waals surface area contributed by atoms with Crippen LogP contribution in [-0.4, -0.2) is 51.7 Å². The molecular weight excluding hydrogens is 420 g/mol. The number of hydrogen-bond donors (Lipinski definition) is 0. The van der Waals surface area contributed by atoms with Crippen molar-refractivity contribution in [3.05, 3.63) is 69.2 Å². The number of hydrogen-bond acceptors (Lipinski definition) is 5. The number of rotatable bonds is 7.